The molecule has 1 aromatic heterocycles. The maximum absolute atomic E-state index is 13.1. The number of amides is 1. The monoisotopic (exact) mass is 439 g/mol. The van der Waals surface area contributed by atoms with Crippen LogP contribution >= 0.6 is 0 Å². The SMILES string of the molecule is CCOc1ccc(/C(O)=C2/C(=O)C(=O)N(CCN(C)C)C2c2ccccn2)c(OCC)c1. The van der Waals surface area contributed by atoms with Gasteiger partial charge in [0.2, 0.25) is 0 Å². The maximum Gasteiger partial charge on any atom is 0.295 e. The predicted molar refractivity (Wildman–Crippen MR) is 121 cm³/mol. The Morgan fingerprint density at radius 3 is 2.50 bits per heavy atom. The van der Waals surface area contributed by atoms with E-state index in [1.807, 2.05) is 32.8 Å². The third-order valence-electron chi connectivity index (χ3n) is 5.12. The number of nitrogens with zero attached hydrogens (tertiary/aromatic N) is 3. The Kier molecular flexibility index (Phi) is 7.48. The number of likely N-dealkylation sites (N-methyl/N-ethyl adjacent to an activating group) is 1. The van der Waals surface area contributed by atoms with Gasteiger partial charge in [-0.1, -0.05) is 6.07 Å². The molecule has 1 amide bonds. The summed E-state index contributed by atoms with van der Waals surface area (Å²) in [5.41, 5.74) is 0.829. The van der Waals surface area contributed by atoms with Gasteiger partial charge in [-0.15, -0.1) is 0 Å². The van der Waals surface area contributed by atoms with Gasteiger partial charge in [-0.2, -0.15) is 0 Å². The van der Waals surface area contributed by atoms with E-state index in [2.05, 4.69) is 4.98 Å². The largest absolute Gasteiger partial charge is 0.507 e. The summed E-state index contributed by atoms with van der Waals surface area (Å²) in [5.74, 6) is -0.741. The minimum absolute atomic E-state index is 0.00225. The Morgan fingerprint density at radius 1 is 1.12 bits per heavy atom. The molecule has 8 heteroatoms. The lowest BCUT2D eigenvalue weighted by atomic mass is 9.97. The van der Waals surface area contributed by atoms with Crippen molar-refractivity contribution in [2.24, 2.45) is 0 Å². The van der Waals surface area contributed by atoms with Crippen LogP contribution in [0.25, 0.3) is 5.76 Å². The predicted octanol–water partition coefficient (Wildman–Crippen LogP) is 2.86. The summed E-state index contributed by atoms with van der Waals surface area (Å²) >= 11 is 0. The van der Waals surface area contributed by atoms with Crippen molar-refractivity contribution in [1.82, 2.24) is 14.8 Å². The third kappa shape index (κ3) is 4.75. The molecule has 1 aliphatic heterocycles. The van der Waals surface area contributed by atoms with Crippen molar-refractivity contribution in [1.29, 1.82) is 0 Å². The molecule has 0 bridgehead atoms. The van der Waals surface area contributed by atoms with E-state index in [1.54, 1.807) is 42.6 Å². The summed E-state index contributed by atoms with van der Waals surface area (Å²) in [6.45, 7) is 5.41. The van der Waals surface area contributed by atoms with Gasteiger partial charge in [0.05, 0.1) is 30.0 Å². The van der Waals surface area contributed by atoms with Gasteiger partial charge in [0, 0.05) is 25.4 Å². The van der Waals surface area contributed by atoms with Crippen LogP contribution in [0.2, 0.25) is 0 Å². The first-order valence-electron chi connectivity index (χ1n) is 10.6. The first-order chi connectivity index (χ1) is 15.4. The summed E-state index contributed by atoms with van der Waals surface area (Å²) in [4.78, 5) is 33.8. The number of Topliss-reactive ketones (excluding diaryl/α,β-unsaturated/α-hetero) is 1. The summed E-state index contributed by atoms with van der Waals surface area (Å²) < 4.78 is 11.2. The number of hydrogen-bond donors (Lipinski definition) is 1. The van der Waals surface area contributed by atoms with Crippen molar-refractivity contribution in [2.45, 2.75) is 19.9 Å². The molecule has 1 atom stereocenters. The number of likely N-dealkylation sites (tertiary alicyclic amines) is 1. The number of rotatable bonds is 9. The molecule has 1 aliphatic rings. The number of benzene rings is 1. The van der Waals surface area contributed by atoms with E-state index in [0.29, 0.717) is 49.1 Å². The standard InChI is InChI=1S/C24H29N3O5/c1-5-31-16-10-11-17(19(15-16)32-6-2)22(28)20-21(18-9-7-8-12-25-18)27(14-13-26(3)4)24(30)23(20)29/h7-12,15,21,28H,5-6,13-14H2,1-4H3/b22-20-. The number of hydrogen-bond acceptors (Lipinski definition) is 7. The smallest absolute Gasteiger partial charge is 0.295 e. The summed E-state index contributed by atoms with van der Waals surface area (Å²) in [5, 5.41) is 11.3. The van der Waals surface area contributed by atoms with Crippen LogP contribution in [0.3, 0.4) is 0 Å². The van der Waals surface area contributed by atoms with Crippen LogP contribution in [0.1, 0.15) is 31.1 Å². The highest BCUT2D eigenvalue weighted by Gasteiger charge is 2.46. The molecule has 3 rings (SSSR count). The number of ketones is 1. The average molecular weight is 440 g/mol. The van der Waals surface area contributed by atoms with E-state index in [1.165, 1.54) is 4.90 Å². The fraction of sp³-hybridized carbons (Fsp3) is 0.375. The highest BCUT2D eigenvalue weighted by atomic mass is 16.5. The van der Waals surface area contributed by atoms with Crippen molar-refractivity contribution in [3.05, 3.63) is 59.4 Å². The first-order valence-corrected chi connectivity index (χ1v) is 10.6. The zero-order valence-electron chi connectivity index (χ0n) is 18.9. The van der Waals surface area contributed by atoms with E-state index in [4.69, 9.17) is 9.47 Å². The highest BCUT2D eigenvalue weighted by Crippen LogP contribution is 2.40. The molecule has 2 aromatic rings. The Hall–Kier alpha value is -3.39. The Bertz CT molecular complexity index is 1000. The molecule has 1 N–H and O–H groups in total. The second-order valence-corrected chi connectivity index (χ2v) is 7.57. The van der Waals surface area contributed by atoms with Crippen molar-refractivity contribution < 1.29 is 24.2 Å². The molecule has 32 heavy (non-hydrogen) atoms. The van der Waals surface area contributed by atoms with E-state index < -0.39 is 17.7 Å². The van der Waals surface area contributed by atoms with Crippen molar-refractivity contribution in [3.8, 4) is 11.5 Å². The number of ether oxygens (including phenoxy) is 2. The van der Waals surface area contributed by atoms with Gasteiger partial charge in [-0.05, 0) is 52.2 Å². The molecule has 0 saturated carbocycles. The molecule has 1 unspecified atom stereocenters. The van der Waals surface area contributed by atoms with E-state index in [0.717, 1.165) is 0 Å². The van der Waals surface area contributed by atoms with Crippen LogP contribution in [-0.2, 0) is 9.59 Å². The number of aliphatic hydroxyl groups is 1. The molecule has 0 aliphatic carbocycles. The zero-order valence-corrected chi connectivity index (χ0v) is 18.9. The quantitative estimate of drug-likeness (QED) is 0.365. The van der Waals surface area contributed by atoms with Gasteiger partial charge >= 0.3 is 0 Å². The Balaban J connectivity index is 2.15. The van der Waals surface area contributed by atoms with Crippen molar-refractivity contribution >= 4 is 17.4 Å². The normalized spacial score (nSPS) is 17.8. The first kappa shape index (κ1) is 23.3. The third-order valence-corrected chi connectivity index (χ3v) is 5.12. The van der Waals surface area contributed by atoms with E-state index in [-0.39, 0.29) is 11.3 Å². The molecular weight excluding hydrogens is 410 g/mol. The minimum atomic E-state index is -0.794. The fourth-order valence-electron chi connectivity index (χ4n) is 3.64. The van der Waals surface area contributed by atoms with Crippen LogP contribution < -0.4 is 9.47 Å². The Labute approximate surface area is 188 Å². The number of aliphatic hydroxyl groups excluding tert-OH is 1. The lowest BCUT2D eigenvalue weighted by Gasteiger charge is -2.26. The van der Waals surface area contributed by atoms with Crippen molar-refractivity contribution in [3.63, 3.8) is 0 Å². The van der Waals surface area contributed by atoms with Gasteiger partial charge in [-0.3, -0.25) is 14.6 Å². The highest BCUT2D eigenvalue weighted by molar-refractivity contribution is 6.46. The van der Waals surface area contributed by atoms with Crippen LogP contribution in [0.4, 0.5) is 0 Å². The van der Waals surface area contributed by atoms with Crippen molar-refractivity contribution in [2.75, 3.05) is 40.4 Å². The van der Waals surface area contributed by atoms with Gasteiger partial charge in [0.15, 0.2) is 0 Å². The molecule has 0 radical (unpaired) electrons. The summed E-state index contributed by atoms with van der Waals surface area (Å²) in [6, 6.07) is 9.49. The number of pyridine rings is 1. The average Bonchev–Trinajstić information content (AvgIpc) is 3.03. The second-order valence-electron chi connectivity index (χ2n) is 7.57. The van der Waals surface area contributed by atoms with E-state index >= 15 is 0 Å². The minimum Gasteiger partial charge on any atom is -0.507 e. The van der Waals surface area contributed by atoms with Crippen LogP contribution in [0.5, 0.6) is 11.5 Å². The maximum atomic E-state index is 13.1. The van der Waals surface area contributed by atoms with Gasteiger partial charge in [-0.25, -0.2) is 0 Å². The molecule has 2 heterocycles. The van der Waals surface area contributed by atoms with E-state index in [9.17, 15) is 14.7 Å². The molecule has 8 nitrogen and oxygen atoms in total. The summed E-state index contributed by atoms with van der Waals surface area (Å²) in [7, 11) is 3.78. The fourth-order valence-corrected chi connectivity index (χ4v) is 3.64. The molecular formula is C24H29N3O5. The molecule has 1 saturated heterocycles. The zero-order chi connectivity index (χ0) is 23.3. The number of carbonyl (C=O) groups excluding carboxylic acids is 2. The van der Waals surface area contributed by atoms with Gasteiger partial charge in [0.25, 0.3) is 11.7 Å². The Morgan fingerprint density at radius 2 is 1.88 bits per heavy atom. The van der Waals surface area contributed by atoms with Crippen LogP contribution in [-0.4, -0.2) is 72.0 Å². The molecule has 170 valence electrons. The topological polar surface area (TPSA) is 92.2 Å². The lowest BCUT2D eigenvalue weighted by molar-refractivity contribution is -0.140. The molecule has 0 spiro atoms. The molecule has 1 aromatic carbocycles. The van der Waals surface area contributed by atoms with Gasteiger partial charge < -0.3 is 24.4 Å². The second kappa shape index (κ2) is 10.3. The molecule has 1 fully saturated rings. The number of aromatic nitrogens is 1. The van der Waals surface area contributed by atoms with Gasteiger partial charge in [0.1, 0.15) is 23.3 Å². The number of carbonyl (C=O) groups is 2. The summed E-state index contributed by atoms with van der Waals surface area (Å²) in [6.07, 6.45) is 1.60. The van der Waals surface area contributed by atoms with Crippen LogP contribution in [0, 0.1) is 0 Å². The van der Waals surface area contributed by atoms with Crippen LogP contribution in [0.15, 0.2) is 48.2 Å². The lowest BCUT2D eigenvalue weighted by Crippen LogP contribution is -2.35.